The first-order valence-corrected chi connectivity index (χ1v) is 8.65. The zero-order valence-electron chi connectivity index (χ0n) is 14.8. The van der Waals surface area contributed by atoms with Gasteiger partial charge < -0.3 is 15.5 Å². The number of hydrogen-bond acceptors (Lipinski definition) is 4. The predicted molar refractivity (Wildman–Crippen MR) is 90.5 cm³/mol. The number of nitrogens with two attached hydrogens (primary N) is 1. The van der Waals surface area contributed by atoms with Crippen molar-refractivity contribution in [1.82, 2.24) is 10.2 Å². The van der Waals surface area contributed by atoms with Gasteiger partial charge in [0, 0.05) is 30.6 Å². The number of nitrogens with zero attached hydrogens (tertiary/aromatic N) is 1. The van der Waals surface area contributed by atoms with E-state index in [0.717, 1.165) is 50.2 Å². The van der Waals surface area contributed by atoms with E-state index in [-0.39, 0.29) is 22.5 Å². The molecule has 2 amide bonds. The van der Waals surface area contributed by atoms with Crippen molar-refractivity contribution in [3.8, 4) is 0 Å². The molecule has 132 valence electrons. The van der Waals surface area contributed by atoms with Crippen LogP contribution in [0.4, 0.5) is 0 Å². The summed E-state index contributed by atoms with van der Waals surface area (Å²) in [6, 6.07) is 1.76. The number of hydrogen-bond donors (Lipinski definition) is 2. The van der Waals surface area contributed by atoms with Crippen molar-refractivity contribution in [3.05, 3.63) is 23.2 Å². The number of nitrogens with one attached hydrogen (secondary N) is 1. The standard InChI is InChI=1S/C18H27N3O3/c1-17(2,3)14-12(9-13(24-14)15(19)22)10-21-8-6-18(11-21)5-4-7-20-16(18)23/h9H,4-8,10-11H2,1-3H3,(H2,19,22)(H,20,23)/t18-/m1/s1. The third-order valence-corrected chi connectivity index (χ3v) is 5.16. The van der Waals surface area contributed by atoms with Crippen LogP contribution in [-0.2, 0) is 16.8 Å². The molecule has 24 heavy (non-hydrogen) atoms. The number of furan rings is 1. The highest BCUT2D eigenvalue weighted by Crippen LogP contribution is 2.39. The zero-order valence-corrected chi connectivity index (χ0v) is 14.8. The summed E-state index contributed by atoms with van der Waals surface area (Å²) >= 11 is 0. The normalized spacial score (nSPS) is 25.2. The van der Waals surface area contributed by atoms with Gasteiger partial charge in [-0.15, -0.1) is 0 Å². The van der Waals surface area contributed by atoms with Gasteiger partial charge in [-0.25, -0.2) is 0 Å². The molecular weight excluding hydrogens is 306 g/mol. The monoisotopic (exact) mass is 333 g/mol. The molecule has 1 aromatic heterocycles. The molecule has 3 rings (SSSR count). The summed E-state index contributed by atoms with van der Waals surface area (Å²) in [4.78, 5) is 26.1. The van der Waals surface area contributed by atoms with Crippen LogP contribution in [0, 0.1) is 5.41 Å². The minimum atomic E-state index is -0.545. The van der Waals surface area contributed by atoms with Crippen LogP contribution in [0.15, 0.2) is 10.5 Å². The molecule has 0 saturated carbocycles. The average molecular weight is 333 g/mol. The highest BCUT2D eigenvalue weighted by molar-refractivity contribution is 5.90. The van der Waals surface area contributed by atoms with Crippen molar-refractivity contribution >= 4 is 11.8 Å². The third kappa shape index (κ3) is 3.07. The number of carbonyl (C=O) groups is 2. The number of piperidine rings is 1. The molecule has 2 aliphatic rings. The Morgan fingerprint density at radius 2 is 2.17 bits per heavy atom. The molecular formula is C18H27N3O3. The molecule has 1 spiro atoms. The van der Waals surface area contributed by atoms with Crippen LogP contribution in [0.5, 0.6) is 0 Å². The number of amides is 2. The van der Waals surface area contributed by atoms with Gasteiger partial charge in [-0.2, -0.15) is 0 Å². The van der Waals surface area contributed by atoms with Crippen molar-refractivity contribution in [2.75, 3.05) is 19.6 Å². The number of rotatable bonds is 3. The summed E-state index contributed by atoms with van der Waals surface area (Å²) in [5.41, 5.74) is 5.92. The van der Waals surface area contributed by atoms with Gasteiger partial charge in [-0.3, -0.25) is 14.5 Å². The summed E-state index contributed by atoms with van der Waals surface area (Å²) in [5.74, 6) is 0.651. The Morgan fingerprint density at radius 1 is 1.42 bits per heavy atom. The first-order valence-electron chi connectivity index (χ1n) is 8.65. The van der Waals surface area contributed by atoms with Gasteiger partial charge in [-0.1, -0.05) is 20.8 Å². The van der Waals surface area contributed by atoms with E-state index in [1.165, 1.54) is 0 Å². The highest BCUT2D eigenvalue weighted by atomic mass is 16.4. The number of primary amides is 1. The Bertz CT molecular complexity index is 659. The lowest BCUT2D eigenvalue weighted by Gasteiger charge is -2.32. The van der Waals surface area contributed by atoms with Crippen LogP contribution in [0.2, 0.25) is 0 Å². The highest BCUT2D eigenvalue weighted by Gasteiger charge is 2.45. The number of carbonyl (C=O) groups excluding carboxylic acids is 2. The van der Waals surface area contributed by atoms with Crippen molar-refractivity contribution in [1.29, 1.82) is 0 Å². The lowest BCUT2D eigenvalue weighted by molar-refractivity contribution is -0.132. The van der Waals surface area contributed by atoms with Gasteiger partial charge in [-0.05, 0) is 31.9 Å². The fourth-order valence-electron chi connectivity index (χ4n) is 3.96. The second kappa shape index (κ2) is 5.92. The maximum absolute atomic E-state index is 12.3. The largest absolute Gasteiger partial charge is 0.455 e. The van der Waals surface area contributed by atoms with Crippen molar-refractivity contribution in [2.45, 2.75) is 52.0 Å². The molecule has 3 heterocycles. The Balaban J connectivity index is 1.79. The topological polar surface area (TPSA) is 88.6 Å². The van der Waals surface area contributed by atoms with Crippen LogP contribution >= 0.6 is 0 Å². The van der Waals surface area contributed by atoms with Crippen LogP contribution in [0.1, 0.15) is 61.9 Å². The van der Waals surface area contributed by atoms with E-state index in [1.54, 1.807) is 6.07 Å². The lowest BCUT2D eigenvalue weighted by Crippen LogP contribution is -2.47. The zero-order chi connectivity index (χ0) is 17.5. The van der Waals surface area contributed by atoms with Gasteiger partial charge in [0.15, 0.2) is 5.76 Å². The lowest BCUT2D eigenvalue weighted by atomic mass is 9.79. The first kappa shape index (κ1) is 17.0. The smallest absolute Gasteiger partial charge is 0.284 e. The molecule has 6 heteroatoms. The molecule has 2 aliphatic heterocycles. The maximum Gasteiger partial charge on any atom is 0.284 e. The van der Waals surface area contributed by atoms with Gasteiger partial charge >= 0.3 is 0 Å². The molecule has 6 nitrogen and oxygen atoms in total. The molecule has 3 N–H and O–H groups in total. The predicted octanol–water partition coefficient (Wildman–Crippen LogP) is 1.78. The molecule has 0 aliphatic carbocycles. The molecule has 0 bridgehead atoms. The summed E-state index contributed by atoms with van der Waals surface area (Å²) < 4.78 is 5.73. The van der Waals surface area contributed by atoms with Crippen LogP contribution in [0.25, 0.3) is 0 Å². The Kier molecular flexibility index (Phi) is 4.20. The summed E-state index contributed by atoms with van der Waals surface area (Å²) in [5, 5.41) is 3.01. The van der Waals surface area contributed by atoms with Crippen LogP contribution in [-0.4, -0.2) is 36.3 Å². The minimum Gasteiger partial charge on any atom is -0.455 e. The van der Waals surface area contributed by atoms with Crippen LogP contribution in [0.3, 0.4) is 0 Å². The van der Waals surface area contributed by atoms with Crippen LogP contribution < -0.4 is 11.1 Å². The van der Waals surface area contributed by atoms with Crippen molar-refractivity contribution in [3.63, 3.8) is 0 Å². The summed E-state index contributed by atoms with van der Waals surface area (Å²) in [6.07, 6.45) is 2.90. The molecule has 2 fully saturated rings. The molecule has 2 saturated heterocycles. The van der Waals surface area contributed by atoms with E-state index in [9.17, 15) is 9.59 Å². The molecule has 0 aromatic carbocycles. The average Bonchev–Trinajstić information content (AvgIpc) is 3.08. The Hall–Kier alpha value is -1.82. The second-order valence-corrected chi connectivity index (χ2v) is 8.18. The molecule has 0 unspecified atom stereocenters. The third-order valence-electron chi connectivity index (χ3n) is 5.16. The van der Waals surface area contributed by atoms with Gasteiger partial charge in [0.05, 0.1) is 5.41 Å². The summed E-state index contributed by atoms with van der Waals surface area (Å²) in [7, 11) is 0. The SMILES string of the molecule is CC(C)(C)c1oc(C(N)=O)cc1CN1CC[C@]2(CCCNC2=O)C1. The quantitative estimate of drug-likeness (QED) is 0.882. The van der Waals surface area contributed by atoms with E-state index < -0.39 is 5.91 Å². The van der Waals surface area contributed by atoms with E-state index >= 15 is 0 Å². The van der Waals surface area contributed by atoms with Gasteiger partial charge in [0.2, 0.25) is 5.91 Å². The number of likely N-dealkylation sites (tertiary alicyclic amines) is 1. The summed E-state index contributed by atoms with van der Waals surface area (Å²) in [6.45, 7) is 9.28. The molecule has 1 atom stereocenters. The van der Waals surface area contributed by atoms with Gasteiger partial charge in [0.25, 0.3) is 5.91 Å². The Morgan fingerprint density at radius 3 is 2.79 bits per heavy atom. The maximum atomic E-state index is 12.3. The van der Waals surface area contributed by atoms with E-state index in [1.807, 2.05) is 0 Å². The van der Waals surface area contributed by atoms with E-state index in [0.29, 0.717) is 6.54 Å². The first-order chi connectivity index (χ1) is 11.2. The van der Waals surface area contributed by atoms with Crippen molar-refractivity contribution < 1.29 is 14.0 Å². The second-order valence-electron chi connectivity index (χ2n) is 8.18. The van der Waals surface area contributed by atoms with Crippen molar-refractivity contribution in [2.24, 2.45) is 11.1 Å². The van der Waals surface area contributed by atoms with E-state index in [4.69, 9.17) is 10.2 Å². The minimum absolute atomic E-state index is 0.192. The van der Waals surface area contributed by atoms with Gasteiger partial charge in [0.1, 0.15) is 5.76 Å². The molecule has 1 aromatic rings. The Labute approximate surface area is 142 Å². The fourth-order valence-corrected chi connectivity index (χ4v) is 3.96. The van der Waals surface area contributed by atoms with E-state index in [2.05, 4.69) is 31.0 Å². The molecule has 0 radical (unpaired) electrons. The fraction of sp³-hybridized carbons (Fsp3) is 0.667.